The predicted molar refractivity (Wildman–Crippen MR) is 273 cm³/mol. The number of hydrogen-bond acceptors (Lipinski definition) is 1. The third-order valence-corrected chi connectivity index (χ3v) is 14.7. The summed E-state index contributed by atoms with van der Waals surface area (Å²) in [5, 5.41) is 3.82. The fourth-order valence-corrected chi connectivity index (χ4v) is 11.4. The van der Waals surface area contributed by atoms with Crippen molar-refractivity contribution in [3.05, 3.63) is 235 Å². The maximum atomic E-state index is 2.50. The van der Waals surface area contributed by atoms with Crippen LogP contribution in [0.4, 0.5) is 17.1 Å². The summed E-state index contributed by atoms with van der Waals surface area (Å²) >= 11 is 0. The van der Waals surface area contributed by atoms with Gasteiger partial charge in [0.2, 0.25) is 0 Å². The van der Waals surface area contributed by atoms with Crippen molar-refractivity contribution in [2.75, 3.05) is 4.90 Å². The van der Waals surface area contributed by atoms with E-state index in [1.807, 2.05) is 0 Å². The van der Waals surface area contributed by atoms with Crippen molar-refractivity contribution < 1.29 is 0 Å². The van der Waals surface area contributed by atoms with Gasteiger partial charge in [0.1, 0.15) is 0 Å². The second-order valence-corrected chi connectivity index (χ2v) is 19.0. The van der Waals surface area contributed by atoms with E-state index in [1.165, 1.54) is 99.7 Å². The highest BCUT2D eigenvalue weighted by Crippen LogP contribution is 2.52. The molecule has 3 heterocycles. The van der Waals surface area contributed by atoms with Gasteiger partial charge in [0.15, 0.2) is 0 Å². The first kappa shape index (κ1) is 37.7. The molecule has 0 unspecified atom stereocenters. The van der Waals surface area contributed by atoms with Crippen LogP contribution in [-0.4, -0.2) is 9.13 Å². The van der Waals surface area contributed by atoms with Crippen LogP contribution in [0.2, 0.25) is 0 Å². The summed E-state index contributed by atoms with van der Waals surface area (Å²) in [4.78, 5) is 2.41. The van der Waals surface area contributed by atoms with E-state index in [0.717, 1.165) is 17.1 Å². The summed E-state index contributed by atoms with van der Waals surface area (Å²) in [6.07, 6.45) is 2.27. The molecule has 0 atom stereocenters. The average Bonchev–Trinajstić information content (AvgIpc) is 4.01. The topological polar surface area (TPSA) is 13.1 Å². The average molecular weight is 834 g/mol. The van der Waals surface area contributed by atoms with E-state index in [0.29, 0.717) is 0 Å². The second-order valence-electron chi connectivity index (χ2n) is 19.0. The molecule has 0 amide bonds. The summed E-state index contributed by atoms with van der Waals surface area (Å²) in [7, 11) is 0. The molecule has 2 aliphatic rings. The lowest BCUT2D eigenvalue weighted by atomic mass is 9.74. The Hall–Kier alpha value is -7.88. The summed E-state index contributed by atoms with van der Waals surface area (Å²) < 4.78 is 4.89. The molecular formula is C62H47N3. The highest BCUT2D eigenvalue weighted by atomic mass is 15.1. The van der Waals surface area contributed by atoms with Crippen molar-refractivity contribution in [1.82, 2.24) is 9.13 Å². The maximum Gasteiger partial charge on any atom is 0.0635 e. The third-order valence-electron chi connectivity index (χ3n) is 14.7. The fraction of sp³-hybridized carbons (Fsp3) is 0.0968. The number of aromatic nitrogens is 2. The molecule has 0 fully saturated rings. The van der Waals surface area contributed by atoms with Crippen LogP contribution in [0.1, 0.15) is 49.9 Å². The number of rotatable bonds is 6. The molecule has 0 bridgehead atoms. The SMILES string of the molecule is CC1(C)c2ccccc2-c2ccc(N(c3ccc(-c4ccccc4)cc3)c3ccc(-c4ccc5c(c4)c4cc6c7c(ccn7-c7ccccc7C6(C)C)c4n5-c4ccccc4)cc3)cc21. The molecule has 1 aliphatic heterocycles. The Labute approximate surface area is 380 Å². The Balaban J connectivity index is 0.956. The van der Waals surface area contributed by atoms with Gasteiger partial charge in [0, 0.05) is 61.6 Å². The van der Waals surface area contributed by atoms with Crippen LogP contribution < -0.4 is 4.90 Å². The predicted octanol–water partition coefficient (Wildman–Crippen LogP) is 16.5. The first-order valence-electron chi connectivity index (χ1n) is 22.8. The number of fused-ring (bicyclic) bond motifs is 9. The van der Waals surface area contributed by atoms with Gasteiger partial charge in [-0.3, -0.25) is 0 Å². The van der Waals surface area contributed by atoms with Crippen molar-refractivity contribution in [3.8, 4) is 44.8 Å². The quantitative estimate of drug-likeness (QED) is 0.163. The van der Waals surface area contributed by atoms with E-state index in [1.54, 1.807) is 0 Å². The molecule has 0 saturated carbocycles. The Bertz CT molecular complexity index is 3680. The molecule has 65 heavy (non-hydrogen) atoms. The molecule has 2 aromatic heterocycles. The molecule has 3 heteroatoms. The Morgan fingerprint density at radius 1 is 0.369 bits per heavy atom. The minimum absolute atomic E-state index is 0.107. The maximum absolute atomic E-state index is 2.50. The monoisotopic (exact) mass is 833 g/mol. The molecule has 0 N–H and O–H groups in total. The largest absolute Gasteiger partial charge is 0.316 e. The van der Waals surface area contributed by atoms with Gasteiger partial charge in [-0.2, -0.15) is 0 Å². The number of anilines is 3. The Morgan fingerprint density at radius 3 is 1.68 bits per heavy atom. The van der Waals surface area contributed by atoms with E-state index in [9.17, 15) is 0 Å². The molecule has 0 spiro atoms. The Kier molecular flexibility index (Phi) is 8.00. The zero-order valence-corrected chi connectivity index (χ0v) is 37.0. The minimum Gasteiger partial charge on any atom is -0.316 e. The molecule has 9 aromatic carbocycles. The van der Waals surface area contributed by atoms with Gasteiger partial charge in [-0.1, -0.05) is 155 Å². The lowest BCUT2D eigenvalue weighted by Crippen LogP contribution is -2.26. The molecular weight excluding hydrogens is 787 g/mol. The van der Waals surface area contributed by atoms with E-state index >= 15 is 0 Å². The van der Waals surface area contributed by atoms with Crippen molar-refractivity contribution in [3.63, 3.8) is 0 Å². The van der Waals surface area contributed by atoms with Gasteiger partial charge in [-0.05, 0) is 134 Å². The first-order valence-corrected chi connectivity index (χ1v) is 22.8. The lowest BCUT2D eigenvalue weighted by molar-refractivity contribution is 0.629. The summed E-state index contributed by atoms with van der Waals surface area (Å²) in [5.74, 6) is 0. The third kappa shape index (κ3) is 5.48. The molecule has 11 aromatic rings. The van der Waals surface area contributed by atoms with E-state index in [2.05, 4.69) is 254 Å². The summed E-state index contributed by atoms with van der Waals surface area (Å²) in [5.41, 5.74) is 22.2. The highest BCUT2D eigenvalue weighted by molar-refractivity contribution is 6.20. The summed E-state index contributed by atoms with van der Waals surface area (Å²) in [6.45, 7) is 9.49. The lowest BCUT2D eigenvalue weighted by Gasteiger charge is -2.34. The van der Waals surface area contributed by atoms with Crippen LogP contribution in [0.5, 0.6) is 0 Å². The van der Waals surface area contributed by atoms with E-state index in [-0.39, 0.29) is 10.8 Å². The minimum atomic E-state index is -0.168. The van der Waals surface area contributed by atoms with Crippen molar-refractivity contribution in [2.45, 2.75) is 38.5 Å². The van der Waals surface area contributed by atoms with Gasteiger partial charge >= 0.3 is 0 Å². The van der Waals surface area contributed by atoms with Crippen LogP contribution in [-0.2, 0) is 10.8 Å². The Morgan fingerprint density at radius 2 is 0.938 bits per heavy atom. The highest BCUT2D eigenvalue weighted by Gasteiger charge is 2.37. The summed E-state index contributed by atoms with van der Waals surface area (Å²) in [6, 6.07) is 76.4. The zero-order chi connectivity index (χ0) is 43.6. The van der Waals surface area contributed by atoms with Crippen LogP contribution in [0.25, 0.3) is 77.5 Å². The van der Waals surface area contributed by atoms with E-state index < -0.39 is 0 Å². The zero-order valence-electron chi connectivity index (χ0n) is 37.0. The van der Waals surface area contributed by atoms with Crippen molar-refractivity contribution in [2.24, 2.45) is 0 Å². The van der Waals surface area contributed by atoms with Gasteiger partial charge in [-0.15, -0.1) is 0 Å². The number of nitrogens with zero attached hydrogens (tertiary/aromatic N) is 3. The second kappa shape index (κ2) is 13.8. The molecule has 3 nitrogen and oxygen atoms in total. The van der Waals surface area contributed by atoms with Gasteiger partial charge in [-0.25, -0.2) is 0 Å². The van der Waals surface area contributed by atoms with Gasteiger partial charge < -0.3 is 14.0 Å². The standard InChI is InChI=1S/C62H47N3/c1-61(2)53-20-12-11-19-48(53)49-33-32-47(38-55(49)61)64(45-28-23-41(24-29-45)40-15-7-5-8-16-40)46-30-25-42(26-31-46)43-27-34-57-51(37-43)52-39-56-60-50(59(52)65(57)44-17-9-6-10-18-44)35-36-63(60)58-22-14-13-21-54(58)62(56,3)4/h5-39H,1-4H3. The van der Waals surface area contributed by atoms with Gasteiger partial charge in [0.25, 0.3) is 0 Å². The molecule has 0 saturated heterocycles. The molecule has 310 valence electrons. The van der Waals surface area contributed by atoms with Crippen LogP contribution >= 0.6 is 0 Å². The first-order chi connectivity index (χ1) is 31.8. The van der Waals surface area contributed by atoms with E-state index in [4.69, 9.17) is 0 Å². The normalized spacial score (nSPS) is 14.1. The van der Waals surface area contributed by atoms with Crippen LogP contribution in [0.15, 0.2) is 212 Å². The smallest absolute Gasteiger partial charge is 0.0635 e. The number of para-hydroxylation sites is 2. The van der Waals surface area contributed by atoms with Gasteiger partial charge in [0.05, 0.1) is 16.6 Å². The number of benzene rings is 9. The molecule has 1 aliphatic carbocycles. The van der Waals surface area contributed by atoms with Crippen molar-refractivity contribution in [1.29, 1.82) is 0 Å². The fourth-order valence-electron chi connectivity index (χ4n) is 11.4. The molecule has 0 radical (unpaired) electrons. The van der Waals surface area contributed by atoms with Crippen molar-refractivity contribution >= 4 is 49.8 Å². The molecule has 13 rings (SSSR count). The van der Waals surface area contributed by atoms with Crippen LogP contribution in [0.3, 0.4) is 0 Å². The van der Waals surface area contributed by atoms with Crippen LogP contribution in [0, 0.1) is 0 Å². The number of hydrogen-bond donors (Lipinski definition) is 0.